The van der Waals surface area contributed by atoms with Gasteiger partial charge in [-0.1, -0.05) is 172 Å². The van der Waals surface area contributed by atoms with E-state index in [1.807, 2.05) is 90.8 Å². The molecule has 3 N–H and O–H groups in total. The third-order valence-corrected chi connectivity index (χ3v) is 24.1. The van der Waals surface area contributed by atoms with E-state index in [9.17, 15) is 28.8 Å². The molecule has 18 heteroatoms. The number of ether oxygens (including phenoxy) is 3. The number of likely N-dealkylation sites (tertiary alicyclic amines) is 3. The summed E-state index contributed by atoms with van der Waals surface area (Å²) in [7, 11) is 12.2. The van der Waals surface area contributed by atoms with Crippen LogP contribution in [0.5, 0.6) is 0 Å². The van der Waals surface area contributed by atoms with E-state index < -0.39 is 32.5 Å². The molecule has 3 amide bonds. The Kier molecular flexibility index (Phi) is 50.1. The molecule has 3 saturated heterocycles. The van der Waals surface area contributed by atoms with Gasteiger partial charge < -0.3 is 59.6 Å². The number of nitrogens with one attached hydrogen (secondary N) is 3. The summed E-state index contributed by atoms with van der Waals surface area (Å²) in [5.41, 5.74) is -0.670. The third-order valence-electron chi connectivity index (χ3n) is 24.1. The van der Waals surface area contributed by atoms with Gasteiger partial charge in [0.05, 0.1) is 36.1 Å². The Bertz CT molecular complexity index is 2600. The third kappa shape index (κ3) is 37.3. The molecule has 0 radical (unpaired) electrons. The van der Waals surface area contributed by atoms with Crippen molar-refractivity contribution in [1.82, 2.24) is 45.3 Å². The summed E-state index contributed by atoms with van der Waals surface area (Å²) >= 11 is 0. The lowest BCUT2D eigenvalue weighted by atomic mass is 9.68. The van der Waals surface area contributed by atoms with Gasteiger partial charge in [-0.3, -0.25) is 28.8 Å². The molecule has 630 valence electrons. The molecular formula is C90H171N9O9. The molecule has 0 spiro atoms. The van der Waals surface area contributed by atoms with E-state index in [-0.39, 0.29) is 53.8 Å². The number of unbranched alkanes of at least 4 members (excludes halogenated alkanes) is 11. The zero-order chi connectivity index (χ0) is 81.7. The number of allylic oxidation sites excluding steroid dienone is 3. The highest BCUT2D eigenvalue weighted by molar-refractivity contribution is 5.86. The topological polar surface area (TPSA) is 186 Å². The van der Waals surface area contributed by atoms with E-state index in [4.69, 9.17) is 14.2 Å². The van der Waals surface area contributed by atoms with Crippen LogP contribution in [0.1, 0.15) is 329 Å². The Morgan fingerprint density at radius 3 is 0.954 bits per heavy atom. The Balaban J connectivity index is 0.000000815. The van der Waals surface area contributed by atoms with Gasteiger partial charge in [0, 0.05) is 90.7 Å². The van der Waals surface area contributed by atoms with E-state index in [1.165, 1.54) is 51.4 Å². The standard InChI is InChI=1S/C34H65N3O3.C30H57N3O3.C26H49N3O3/c1-9-11-12-13-14-15-16-17-18-19-26-40-32(39)34(6,27-30(4)37-25-20-22-29(37)3)28-33(5,10-2)31(38)35-23-21-24-36(7)8;1-10-13-17-26(11-2)22-36-28(35)30(7,21-25(5)33-20-14-16-24(33)4)23-29(6,12-3)27(34)31-18-15-19-32(8)9;1-9-11-18-32-24(31)26(6,19-22(4)29-17-12-14-21(29)3)20-25(5,10-2)23(30)27-15-13-16-28(7)8/h30H,3,9-28H2,1-2,4-8H3,(H,35,38);25-26H,4,10-23H2,1-3,5-9H3,(H,31,34);22H,3,9-20H2,1-2,4-8H3,(H,27,30). The molecular weight excluding hydrogens is 1350 g/mol. The van der Waals surface area contributed by atoms with Crippen LogP contribution in [0.25, 0.3) is 0 Å². The van der Waals surface area contributed by atoms with Crippen LogP contribution >= 0.6 is 0 Å². The molecule has 0 saturated carbocycles. The van der Waals surface area contributed by atoms with Crippen LogP contribution in [-0.2, 0) is 43.0 Å². The van der Waals surface area contributed by atoms with Crippen LogP contribution in [0, 0.1) is 38.4 Å². The maximum atomic E-state index is 13.7. The summed E-state index contributed by atoms with van der Waals surface area (Å²) in [5, 5.41) is 9.42. The lowest BCUT2D eigenvalue weighted by Crippen LogP contribution is -2.47. The van der Waals surface area contributed by atoms with Crippen molar-refractivity contribution in [3.05, 3.63) is 36.8 Å². The van der Waals surface area contributed by atoms with Crippen molar-refractivity contribution in [3.8, 4) is 0 Å². The molecule has 3 heterocycles. The van der Waals surface area contributed by atoms with Crippen LogP contribution in [0.3, 0.4) is 0 Å². The molecule has 0 aromatic rings. The first-order chi connectivity index (χ1) is 50.9. The molecule has 3 fully saturated rings. The van der Waals surface area contributed by atoms with Gasteiger partial charge in [-0.2, -0.15) is 0 Å². The minimum Gasteiger partial charge on any atom is -0.465 e. The minimum atomic E-state index is -0.753. The van der Waals surface area contributed by atoms with Crippen LogP contribution in [-0.4, -0.2) is 204 Å². The van der Waals surface area contributed by atoms with E-state index in [2.05, 4.69) is 127 Å². The Hall–Kier alpha value is -4.68. The minimum absolute atomic E-state index is 0.0320. The first kappa shape index (κ1) is 101. The highest BCUT2D eigenvalue weighted by atomic mass is 16.5. The van der Waals surface area contributed by atoms with Crippen molar-refractivity contribution >= 4 is 35.6 Å². The lowest BCUT2D eigenvalue weighted by molar-refractivity contribution is -0.161. The fourth-order valence-corrected chi connectivity index (χ4v) is 16.6. The average molecular weight is 1520 g/mol. The zero-order valence-corrected chi connectivity index (χ0v) is 74.3. The van der Waals surface area contributed by atoms with Crippen LogP contribution in [0.15, 0.2) is 36.8 Å². The lowest BCUT2D eigenvalue weighted by Gasteiger charge is -2.40. The highest BCUT2D eigenvalue weighted by Crippen LogP contribution is 2.46. The largest absolute Gasteiger partial charge is 0.465 e. The average Bonchev–Trinajstić information content (AvgIpc) is 0.925. The molecule has 0 aromatic carbocycles. The molecule has 10 unspecified atom stereocenters. The van der Waals surface area contributed by atoms with Crippen molar-refractivity contribution in [2.45, 2.75) is 347 Å². The second-order valence-corrected chi connectivity index (χ2v) is 35.8. The summed E-state index contributed by atoms with van der Waals surface area (Å²) in [6.45, 7) is 55.2. The molecule has 0 aliphatic carbocycles. The van der Waals surface area contributed by atoms with Crippen molar-refractivity contribution in [1.29, 1.82) is 0 Å². The normalized spacial score (nSPS) is 18.4. The maximum absolute atomic E-state index is 13.7. The number of hydrogen-bond donors (Lipinski definition) is 3. The van der Waals surface area contributed by atoms with Gasteiger partial charge >= 0.3 is 17.9 Å². The first-order valence-corrected chi connectivity index (χ1v) is 43.5. The van der Waals surface area contributed by atoms with Gasteiger partial charge in [0.15, 0.2) is 0 Å². The monoisotopic (exact) mass is 1520 g/mol. The molecule has 3 aliphatic rings. The van der Waals surface area contributed by atoms with E-state index in [1.54, 1.807) is 0 Å². The number of esters is 3. The molecule has 18 nitrogen and oxygen atoms in total. The summed E-state index contributed by atoms with van der Waals surface area (Å²) in [6, 6.07) is 0.524. The summed E-state index contributed by atoms with van der Waals surface area (Å²) in [6.07, 6.45) is 33.3. The fourth-order valence-electron chi connectivity index (χ4n) is 16.6. The van der Waals surface area contributed by atoms with Gasteiger partial charge in [0.25, 0.3) is 0 Å². The Morgan fingerprint density at radius 2 is 0.685 bits per heavy atom. The zero-order valence-electron chi connectivity index (χ0n) is 74.3. The van der Waals surface area contributed by atoms with E-state index >= 15 is 0 Å². The number of nitrogens with zero attached hydrogens (tertiary/aromatic N) is 6. The van der Waals surface area contributed by atoms with Gasteiger partial charge in [-0.25, -0.2) is 0 Å². The van der Waals surface area contributed by atoms with Crippen molar-refractivity contribution in [2.75, 3.05) is 121 Å². The van der Waals surface area contributed by atoms with Crippen molar-refractivity contribution in [2.24, 2.45) is 38.4 Å². The molecule has 108 heavy (non-hydrogen) atoms. The molecule has 3 rings (SSSR count). The van der Waals surface area contributed by atoms with Gasteiger partial charge in [0.2, 0.25) is 17.7 Å². The number of carbonyl (C=O) groups is 6. The molecule has 0 aromatic heterocycles. The van der Waals surface area contributed by atoms with Gasteiger partial charge in [-0.15, -0.1) is 0 Å². The fraction of sp³-hybridized carbons (Fsp3) is 0.867. The van der Waals surface area contributed by atoms with E-state index in [0.29, 0.717) is 103 Å². The number of hydrogen-bond acceptors (Lipinski definition) is 15. The van der Waals surface area contributed by atoms with Crippen molar-refractivity contribution < 1.29 is 43.0 Å². The Labute approximate surface area is 664 Å². The molecule has 10 atom stereocenters. The van der Waals surface area contributed by atoms with E-state index in [0.717, 1.165) is 166 Å². The predicted molar refractivity (Wildman–Crippen MR) is 452 cm³/mol. The SMILES string of the molecule is C=C1CCCN1C(C)CC(C)(CC(C)(CC)C(=O)NCCCN(C)C)C(=O)OCC(CC)CCCC.C=C1CCCN1C(C)CC(C)(CC(C)(CC)C(=O)NCCCN(C)C)C(=O)OCCCC.C=C1CCCN1C(C)CC(C)(CC(C)(CC)C(=O)NCCCN(C)C)C(=O)OCCCCCCCCCCCC. The first-order valence-electron chi connectivity index (χ1n) is 43.5. The second kappa shape index (κ2) is 53.3. The maximum Gasteiger partial charge on any atom is 0.311 e. The summed E-state index contributed by atoms with van der Waals surface area (Å²) in [5.74, 6) is 0.0178. The summed E-state index contributed by atoms with van der Waals surface area (Å²) in [4.78, 5) is 94.1. The second-order valence-electron chi connectivity index (χ2n) is 35.8. The number of carbonyl (C=O) groups excluding carboxylic acids is 6. The Morgan fingerprint density at radius 1 is 0.398 bits per heavy atom. The summed E-state index contributed by atoms with van der Waals surface area (Å²) < 4.78 is 17.7. The van der Waals surface area contributed by atoms with Gasteiger partial charge in [-0.05, 0) is 244 Å². The smallest absolute Gasteiger partial charge is 0.311 e. The van der Waals surface area contributed by atoms with Crippen LogP contribution in [0.2, 0.25) is 0 Å². The quantitative estimate of drug-likeness (QED) is 0.0296. The molecule has 0 bridgehead atoms. The number of amides is 3. The van der Waals surface area contributed by atoms with Crippen molar-refractivity contribution in [3.63, 3.8) is 0 Å². The van der Waals surface area contributed by atoms with Gasteiger partial charge in [0.1, 0.15) is 0 Å². The molecule has 3 aliphatic heterocycles. The predicted octanol–water partition coefficient (Wildman–Crippen LogP) is 18.3. The highest BCUT2D eigenvalue weighted by Gasteiger charge is 2.50. The number of rotatable bonds is 56. The van der Waals surface area contributed by atoms with Crippen LogP contribution in [0.4, 0.5) is 0 Å². The van der Waals surface area contributed by atoms with Crippen LogP contribution < -0.4 is 16.0 Å².